The molecule has 2 aromatic rings. The number of amides is 3. The third-order valence-corrected chi connectivity index (χ3v) is 3.39. The maximum Gasteiger partial charge on any atom is 0.329 e. The van der Waals surface area contributed by atoms with E-state index in [4.69, 9.17) is 4.74 Å². The van der Waals surface area contributed by atoms with E-state index < -0.39 is 6.03 Å². The summed E-state index contributed by atoms with van der Waals surface area (Å²) in [7, 11) is 1.54. The van der Waals surface area contributed by atoms with E-state index >= 15 is 0 Å². The molecule has 1 heterocycles. The Morgan fingerprint density at radius 1 is 1.19 bits per heavy atom. The minimum Gasteiger partial charge on any atom is -0.497 e. The Kier molecular flexibility index (Phi) is 3.31. The molecule has 0 aliphatic carbocycles. The summed E-state index contributed by atoms with van der Waals surface area (Å²) in [5.41, 5.74) is 1.99. The number of carbonyl (C=O) groups is 2. The summed E-state index contributed by atoms with van der Waals surface area (Å²) in [6.07, 6.45) is 0. The number of rotatable bonds is 2. The van der Waals surface area contributed by atoms with Gasteiger partial charge in [0.25, 0.3) is 5.91 Å². The molecule has 3 amide bonds. The summed E-state index contributed by atoms with van der Waals surface area (Å²) >= 11 is 0. The lowest BCUT2D eigenvalue weighted by atomic mass is 10.1. The molecular weight excluding hydrogens is 268 g/mol. The fourth-order valence-electron chi connectivity index (χ4n) is 2.28. The van der Waals surface area contributed by atoms with E-state index in [2.05, 4.69) is 5.32 Å². The molecule has 1 N–H and O–H groups in total. The van der Waals surface area contributed by atoms with Gasteiger partial charge < -0.3 is 10.1 Å². The highest BCUT2D eigenvalue weighted by atomic mass is 16.5. The zero-order valence-corrected chi connectivity index (χ0v) is 11.5. The van der Waals surface area contributed by atoms with Crippen molar-refractivity contribution in [1.29, 1.82) is 0 Å². The third kappa shape index (κ3) is 2.45. The molecule has 21 heavy (non-hydrogen) atoms. The monoisotopic (exact) mass is 282 g/mol. The molecule has 2 aromatic carbocycles. The maximum absolute atomic E-state index is 12.3. The first-order valence-electron chi connectivity index (χ1n) is 6.54. The quantitative estimate of drug-likeness (QED) is 0.921. The van der Waals surface area contributed by atoms with Gasteiger partial charge in [-0.25, -0.2) is 4.79 Å². The first kappa shape index (κ1) is 13.2. The van der Waals surface area contributed by atoms with Crippen molar-refractivity contribution in [2.75, 3.05) is 12.4 Å². The Balaban J connectivity index is 1.79. The number of ether oxygens (including phenoxy) is 1. The predicted molar refractivity (Wildman–Crippen MR) is 78.3 cm³/mol. The van der Waals surface area contributed by atoms with Crippen LogP contribution in [0.25, 0.3) is 0 Å². The second-order valence-corrected chi connectivity index (χ2v) is 4.71. The number of nitrogens with zero attached hydrogens (tertiary/aromatic N) is 1. The molecule has 0 aromatic heterocycles. The molecule has 0 atom stereocenters. The third-order valence-electron chi connectivity index (χ3n) is 3.39. The number of hydrogen-bond acceptors (Lipinski definition) is 3. The van der Waals surface area contributed by atoms with Gasteiger partial charge in [-0.3, -0.25) is 9.69 Å². The number of methoxy groups -OCH3 is 1. The highest BCUT2D eigenvalue weighted by Gasteiger charge is 2.32. The van der Waals surface area contributed by atoms with Crippen molar-refractivity contribution < 1.29 is 14.3 Å². The van der Waals surface area contributed by atoms with Gasteiger partial charge in [0, 0.05) is 11.3 Å². The molecule has 0 saturated carbocycles. The summed E-state index contributed by atoms with van der Waals surface area (Å²) in [6.45, 7) is 0.275. The second kappa shape index (κ2) is 5.28. The van der Waals surface area contributed by atoms with Crippen LogP contribution >= 0.6 is 0 Å². The number of benzene rings is 2. The maximum atomic E-state index is 12.3. The topological polar surface area (TPSA) is 58.6 Å². The molecule has 0 saturated heterocycles. The van der Waals surface area contributed by atoms with Crippen LogP contribution in [0.3, 0.4) is 0 Å². The number of urea groups is 1. The van der Waals surface area contributed by atoms with Crippen LogP contribution in [0.4, 0.5) is 10.5 Å². The average Bonchev–Trinajstić information content (AvgIpc) is 2.85. The Morgan fingerprint density at radius 3 is 2.67 bits per heavy atom. The fraction of sp³-hybridized carbons (Fsp3) is 0.125. The number of imide groups is 1. The van der Waals surface area contributed by atoms with Crippen molar-refractivity contribution >= 4 is 17.6 Å². The van der Waals surface area contributed by atoms with Crippen LogP contribution in [0.5, 0.6) is 5.75 Å². The normalized spacial score (nSPS) is 13.0. The second-order valence-electron chi connectivity index (χ2n) is 4.71. The molecule has 0 unspecified atom stereocenters. The summed E-state index contributed by atoms with van der Waals surface area (Å²) in [5.74, 6) is 0.296. The van der Waals surface area contributed by atoms with E-state index in [1.807, 2.05) is 24.3 Å². The Hall–Kier alpha value is -2.82. The number of nitrogens with one attached hydrogen (secondary N) is 1. The van der Waals surface area contributed by atoms with E-state index in [-0.39, 0.29) is 12.5 Å². The van der Waals surface area contributed by atoms with Gasteiger partial charge in [0.1, 0.15) is 5.75 Å². The first-order valence-corrected chi connectivity index (χ1v) is 6.54. The molecule has 5 heteroatoms. The molecule has 1 aliphatic rings. The van der Waals surface area contributed by atoms with Crippen LogP contribution in [0, 0.1) is 0 Å². The van der Waals surface area contributed by atoms with Gasteiger partial charge in [-0.15, -0.1) is 0 Å². The van der Waals surface area contributed by atoms with Gasteiger partial charge in [0.2, 0.25) is 0 Å². The van der Waals surface area contributed by atoms with Gasteiger partial charge in [-0.1, -0.05) is 24.3 Å². The molecule has 0 fully saturated rings. The molecule has 3 rings (SSSR count). The van der Waals surface area contributed by atoms with Crippen LogP contribution in [0.15, 0.2) is 48.5 Å². The summed E-state index contributed by atoms with van der Waals surface area (Å²) in [6, 6.07) is 13.9. The van der Waals surface area contributed by atoms with Crippen molar-refractivity contribution in [3.05, 3.63) is 59.7 Å². The molecule has 5 nitrogen and oxygen atoms in total. The number of para-hydroxylation sites is 1. The SMILES string of the molecule is COc1ccc2c(c1)C(=O)N(C(=O)Nc1ccccc1)C2. The minimum absolute atomic E-state index is 0.275. The lowest BCUT2D eigenvalue weighted by Gasteiger charge is -2.14. The zero-order chi connectivity index (χ0) is 14.8. The van der Waals surface area contributed by atoms with Crippen LogP contribution < -0.4 is 10.1 Å². The van der Waals surface area contributed by atoms with Crippen LogP contribution in [-0.2, 0) is 6.54 Å². The van der Waals surface area contributed by atoms with Crippen molar-refractivity contribution in [3.8, 4) is 5.75 Å². The smallest absolute Gasteiger partial charge is 0.329 e. The molecule has 0 radical (unpaired) electrons. The van der Waals surface area contributed by atoms with E-state index in [1.54, 1.807) is 31.4 Å². The predicted octanol–water partition coefficient (Wildman–Crippen LogP) is 2.88. The summed E-state index contributed by atoms with van der Waals surface area (Å²) in [5, 5.41) is 2.71. The van der Waals surface area contributed by atoms with E-state index in [9.17, 15) is 9.59 Å². The number of carbonyl (C=O) groups excluding carboxylic acids is 2. The van der Waals surface area contributed by atoms with Crippen molar-refractivity contribution in [3.63, 3.8) is 0 Å². The van der Waals surface area contributed by atoms with Crippen molar-refractivity contribution in [1.82, 2.24) is 4.90 Å². The van der Waals surface area contributed by atoms with E-state index in [0.29, 0.717) is 17.0 Å². The average molecular weight is 282 g/mol. The number of anilines is 1. The first-order chi connectivity index (χ1) is 10.2. The van der Waals surface area contributed by atoms with Gasteiger partial charge in [0.15, 0.2) is 0 Å². The van der Waals surface area contributed by atoms with Gasteiger partial charge in [-0.2, -0.15) is 0 Å². The number of fused-ring (bicyclic) bond motifs is 1. The standard InChI is InChI=1S/C16H14N2O3/c1-21-13-8-7-11-10-18(15(19)14(11)9-13)16(20)17-12-5-3-2-4-6-12/h2-9H,10H2,1H3,(H,17,20). The Bertz CT molecular complexity index is 698. The van der Waals surface area contributed by atoms with Crippen molar-refractivity contribution in [2.45, 2.75) is 6.54 Å². The Labute approximate surface area is 122 Å². The Morgan fingerprint density at radius 2 is 1.95 bits per heavy atom. The summed E-state index contributed by atoms with van der Waals surface area (Å²) in [4.78, 5) is 25.7. The molecule has 106 valence electrons. The van der Waals surface area contributed by atoms with Gasteiger partial charge in [0.05, 0.1) is 13.7 Å². The minimum atomic E-state index is -0.429. The van der Waals surface area contributed by atoms with E-state index in [0.717, 1.165) is 5.56 Å². The van der Waals surface area contributed by atoms with Crippen LogP contribution in [0.2, 0.25) is 0 Å². The molecule has 1 aliphatic heterocycles. The highest BCUT2D eigenvalue weighted by molar-refractivity contribution is 6.10. The lowest BCUT2D eigenvalue weighted by Crippen LogP contribution is -2.35. The molecule has 0 bridgehead atoms. The van der Waals surface area contributed by atoms with Crippen LogP contribution in [-0.4, -0.2) is 23.9 Å². The molecule has 0 spiro atoms. The largest absolute Gasteiger partial charge is 0.497 e. The fourth-order valence-corrected chi connectivity index (χ4v) is 2.28. The molecular formula is C16H14N2O3. The van der Waals surface area contributed by atoms with E-state index in [1.165, 1.54) is 4.90 Å². The highest BCUT2D eigenvalue weighted by Crippen LogP contribution is 2.27. The van der Waals surface area contributed by atoms with Crippen LogP contribution in [0.1, 0.15) is 15.9 Å². The summed E-state index contributed by atoms with van der Waals surface area (Å²) < 4.78 is 5.11. The zero-order valence-electron chi connectivity index (χ0n) is 11.5. The van der Waals surface area contributed by atoms with Gasteiger partial charge >= 0.3 is 6.03 Å². The van der Waals surface area contributed by atoms with Crippen molar-refractivity contribution in [2.24, 2.45) is 0 Å². The lowest BCUT2D eigenvalue weighted by molar-refractivity contribution is 0.0831. The number of hydrogen-bond donors (Lipinski definition) is 1. The van der Waals surface area contributed by atoms with Gasteiger partial charge in [-0.05, 0) is 29.8 Å².